The third-order valence-electron chi connectivity index (χ3n) is 5.49. The molecule has 1 unspecified atom stereocenters. The van der Waals surface area contributed by atoms with Gasteiger partial charge in [0.1, 0.15) is 0 Å². The van der Waals surface area contributed by atoms with Crippen molar-refractivity contribution in [1.82, 2.24) is 14.5 Å². The Morgan fingerprint density at radius 2 is 1.77 bits per heavy atom. The predicted molar refractivity (Wildman–Crippen MR) is 133 cm³/mol. The van der Waals surface area contributed by atoms with Gasteiger partial charge in [-0.2, -0.15) is 0 Å². The van der Waals surface area contributed by atoms with E-state index in [2.05, 4.69) is 9.29 Å². The summed E-state index contributed by atoms with van der Waals surface area (Å²) in [6, 6.07) is 9.68. The predicted octanol–water partition coefficient (Wildman–Crippen LogP) is 3.31. The van der Waals surface area contributed by atoms with E-state index in [1.54, 1.807) is 36.8 Å². The van der Waals surface area contributed by atoms with Crippen molar-refractivity contribution in [2.24, 2.45) is 5.92 Å². The van der Waals surface area contributed by atoms with Crippen molar-refractivity contribution in [3.63, 3.8) is 0 Å². The van der Waals surface area contributed by atoms with Crippen molar-refractivity contribution in [3.8, 4) is 0 Å². The number of carbonyl (C=O) groups is 4. The van der Waals surface area contributed by atoms with Crippen molar-refractivity contribution >= 4 is 52.3 Å². The van der Waals surface area contributed by atoms with Crippen LogP contribution in [0.5, 0.6) is 0 Å². The van der Waals surface area contributed by atoms with Gasteiger partial charge in [-0.15, -0.1) is 0 Å². The molecule has 0 spiro atoms. The maximum Gasteiger partial charge on any atom is 0.414 e. The summed E-state index contributed by atoms with van der Waals surface area (Å²) in [5, 5.41) is 15.6. The Balaban J connectivity index is 0.000000509. The molecule has 3 aromatic rings. The number of aromatic nitrogens is 2. The lowest BCUT2D eigenvalue weighted by Crippen LogP contribution is -2.28. The molecule has 10 nitrogen and oxygen atoms in total. The molecule has 0 saturated carbocycles. The summed E-state index contributed by atoms with van der Waals surface area (Å²) in [5.74, 6) is -2.96. The molecule has 1 aliphatic heterocycles. The Bertz CT molecular complexity index is 1280. The Labute approximate surface area is 206 Å². The molecular weight excluding hydrogens is 472 g/mol. The monoisotopic (exact) mass is 498 g/mol. The summed E-state index contributed by atoms with van der Waals surface area (Å²) in [6.07, 6.45) is 3.56. The van der Waals surface area contributed by atoms with Crippen LogP contribution in [-0.4, -0.2) is 74.8 Å². The normalized spacial score (nSPS) is 14.9. The minimum atomic E-state index is -1.82. The molecule has 184 valence electrons. The average molecular weight is 499 g/mol. The Morgan fingerprint density at radius 3 is 2.34 bits per heavy atom. The molecule has 4 rings (SSSR count). The van der Waals surface area contributed by atoms with Crippen molar-refractivity contribution in [2.75, 3.05) is 30.7 Å². The fourth-order valence-corrected chi connectivity index (χ4v) is 4.98. The van der Waals surface area contributed by atoms with Crippen LogP contribution in [0.15, 0.2) is 42.7 Å². The molecule has 0 bridgehead atoms. The molecule has 1 aromatic carbocycles. The topological polar surface area (TPSA) is 133 Å². The molecule has 1 saturated heterocycles. The van der Waals surface area contributed by atoms with Crippen LogP contribution in [0.25, 0.3) is 10.9 Å². The number of carbonyl (C=O) groups excluding carboxylic acids is 2. The van der Waals surface area contributed by atoms with E-state index in [-0.39, 0.29) is 17.7 Å². The number of carboxylic acid groups (broad SMARTS) is 2. The summed E-state index contributed by atoms with van der Waals surface area (Å²) in [5.41, 5.74) is 4.23. The molecule has 1 atom stereocenters. The second kappa shape index (κ2) is 10.6. The van der Waals surface area contributed by atoms with Gasteiger partial charge in [0.05, 0.1) is 23.3 Å². The Hall–Kier alpha value is -3.86. The first-order chi connectivity index (χ1) is 16.5. The van der Waals surface area contributed by atoms with Crippen molar-refractivity contribution in [2.45, 2.75) is 13.8 Å². The number of fused-ring (bicyclic) bond motifs is 1. The number of Topliss-reactive ketones (excluding diaryl/α,β-unsaturated/α-hetero) is 1. The fourth-order valence-electron chi connectivity index (χ4n) is 3.82. The Morgan fingerprint density at radius 1 is 1.09 bits per heavy atom. The minimum Gasteiger partial charge on any atom is -0.473 e. The van der Waals surface area contributed by atoms with E-state index in [1.165, 1.54) is 4.90 Å². The van der Waals surface area contributed by atoms with Gasteiger partial charge in [-0.25, -0.2) is 14.4 Å². The number of benzene rings is 1. The summed E-state index contributed by atoms with van der Waals surface area (Å²) >= 11 is 1.65. The van der Waals surface area contributed by atoms with E-state index in [9.17, 15) is 9.59 Å². The van der Waals surface area contributed by atoms with Crippen molar-refractivity contribution < 1.29 is 29.4 Å². The quantitative estimate of drug-likeness (QED) is 0.317. The van der Waals surface area contributed by atoms with Gasteiger partial charge in [-0.05, 0) is 50.1 Å². The number of rotatable bonds is 3. The summed E-state index contributed by atoms with van der Waals surface area (Å²) in [7, 11) is 3.45. The SMILES string of the molecule is Cc1ccc2c(c1)c(C(=O)C1CSN(c3cccnc3)C1)c(C)n2C(=O)N(C)C.O=C(O)C(=O)O. The zero-order valence-electron chi connectivity index (χ0n) is 19.8. The van der Waals surface area contributed by atoms with E-state index in [4.69, 9.17) is 19.8 Å². The highest BCUT2D eigenvalue weighted by atomic mass is 32.2. The van der Waals surface area contributed by atoms with Gasteiger partial charge in [0.2, 0.25) is 0 Å². The van der Waals surface area contributed by atoms with Crippen LogP contribution in [0.2, 0.25) is 0 Å². The largest absolute Gasteiger partial charge is 0.473 e. The van der Waals surface area contributed by atoms with Gasteiger partial charge < -0.3 is 19.4 Å². The third kappa shape index (κ3) is 5.46. The van der Waals surface area contributed by atoms with E-state index in [0.717, 1.165) is 22.2 Å². The molecule has 35 heavy (non-hydrogen) atoms. The fraction of sp³-hybridized carbons (Fsp3) is 0.292. The molecule has 1 fully saturated rings. The number of pyridine rings is 1. The van der Waals surface area contributed by atoms with E-state index >= 15 is 0 Å². The first-order valence-corrected chi connectivity index (χ1v) is 11.6. The smallest absolute Gasteiger partial charge is 0.414 e. The number of aliphatic carboxylic acids is 2. The van der Waals surface area contributed by atoms with E-state index in [0.29, 0.717) is 23.6 Å². The highest BCUT2D eigenvalue weighted by molar-refractivity contribution is 8.00. The molecule has 11 heteroatoms. The summed E-state index contributed by atoms with van der Waals surface area (Å²) < 4.78 is 3.78. The second-order valence-corrected chi connectivity index (χ2v) is 9.27. The number of carboxylic acids is 2. The molecule has 2 N–H and O–H groups in total. The maximum atomic E-state index is 13.6. The van der Waals surface area contributed by atoms with E-state index in [1.807, 2.05) is 50.4 Å². The van der Waals surface area contributed by atoms with Crippen LogP contribution in [-0.2, 0) is 9.59 Å². The number of ketones is 1. The lowest BCUT2D eigenvalue weighted by atomic mass is 9.96. The molecule has 0 aliphatic carbocycles. The zero-order valence-corrected chi connectivity index (χ0v) is 20.6. The zero-order chi connectivity index (χ0) is 25.9. The number of amides is 1. The molecule has 1 aliphatic rings. The summed E-state index contributed by atoms with van der Waals surface area (Å²) in [4.78, 5) is 50.3. The van der Waals surface area contributed by atoms with Gasteiger partial charge in [0.15, 0.2) is 5.78 Å². The second-order valence-electron chi connectivity index (χ2n) is 8.23. The van der Waals surface area contributed by atoms with Gasteiger partial charge in [-0.1, -0.05) is 11.6 Å². The number of aryl methyl sites for hydroxylation is 1. The molecule has 0 radical (unpaired) electrons. The molecule has 1 amide bonds. The molecular formula is C24H26N4O6S. The molecule has 3 heterocycles. The molecule has 2 aromatic heterocycles. The first kappa shape index (κ1) is 25.8. The lowest BCUT2D eigenvalue weighted by Gasteiger charge is -2.16. The van der Waals surface area contributed by atoms with Crippen LogP contribution in [0, 0.1) is 19.8 Å². The minimum absolute atomic E-state index is 0.0993. The Kier molecular flexibility index (Phi) is 7.80. The highest BCUT2D eigenvalue weighted by Crippen LogP contribution is 2.35. The van der Waals surface area contributed by atoms with Gasteiger partial charge >= 0.3 is 18.0 Å². The number of nitrogens with zero attached hydrogens (tertiary/aromatic N) is 4. The van der Waals surface area contributed by atoms with Crippen LogP contribution < -0.4 is 4.31 Å². The lowest BCUT2D eigenvalue weighted by molar-refractivity contribution is -0.159. The number of hydrogen-bond acceptors (Lipinski definition) is 7. The average Bonchev–Trinajstić information content (AvgIpc) is 3.41. The van der Waals surface area contributed by atoms with Gasteiger partial charge in [-0.3, -0.25) is 14.3 Å². The highest BCUT2D eigenvalue weighted by Gasteiger charge is 2.34. The maximum absolute atomic E-state index is 13.6. The number of hydrogen-bond donors (Lipinski definition) is 2. The standard InChI is InChI=1S/C22H24N4O2S.C2H2O4/c1-14-7-8-19-18(10-14)20(15(2)26(19)22(28)24(3)4)21(27)16-12-25(29-13-16)17-6-5-9-23-11-17;3-1(4)2(5)6/h5-11,16H,12-13H2,1-4H3;(H,3,4)(H,5,6). The van der Waals surface area contributed by atoms with Crippen LogP contribution in [0.3, 0.4) is 0 Å². The van der Waals surface area contributed by atoms with Crippen LogP contribution >= 0.6 is 11.9 Å². The van der Waals surface area contributed by atoms with Crippen LogP contribution in [0.1, 0.15) is 21.6 Å². The van der Waals surface area contributed by atoms with Crippen LogP contribution in [0.4, 0.5) is 10.5 Å². The van der Waals surface area contributed by atoms with E-state index < -0.39 is 11.9 Å². The third-order valence-corrected chi connectivity index (χ3v) is 6.71. The van der Waals surface area contributed by atoms with Gasteiger partial charge in [0, 0.05) is 49.2 Å². The first-order valence-electron chi connectivity index (χ1n) is 10.7. The van der Waals surface area contributed by atoms with Gasteiger partial charge in [0.25, 0.3) is 0 Å². The summed E-state index contributed by atoms with van der Waals surface area (Å²) in [6.45, 7) is 4.50. The van der Waals surface area contributed by atoms with Crippen molar-refractivity contribution in [1.29, 1.82) is 0 Å². The number of anilines is 1. The van der Waals surface area contributed by atoms with Crippen molar-refractivity contribution in [3.05, 3.63) is 59.5 Å².